The van der Waals surface area contributed by atoms with Crippen LogP contribution in [-0.4, -0.2) is 6.61 Å². The third-order valence-electron chi connectivity index (χ3n) is 3.15. The van der Waals surface area contributed by atoms with Gasteiger partial charge in [0.1, 0.15) is 5.75 Å². The van der Waals surface area contributed by atoms with Gasteiger partial charge in [-0.1, -0.05) is 28.9 Å². The van der Waals surface area contributed by atoms with E-state index in [1.54, 1.807) is 0 Å². The molecule has 4 heteroatoms. The smallest absolute Gasteiger partial charge is 0.133 e. The van der Waals surface area contributed by atoms with Gasteiger partial charge in [0.25, 0.3) is 0 Å². The number of benzene rings is 1. The number of halogens is 2. The lowest BCUT2D eigenvalue weighted by atomic mass is 10.1. The molecule has 0 aliphatic heterocycles. The van der Waals surface area contributed by atoms with Crippen LogP contribution in [-0.2, 0) is 0 Å². The number of rotatable bonds is 5. The van der Waals surface area contributed by atoms with Crippen molar-refractivity contribution in [1.82, 2.24) is 0 Å². The zero-order valence-electron chi connectivity index (χ0n) is 11.9. The molecule has 1 heterocycles. The molecule has 1 aromatic heterocycles. The van der Waals surface area contributed by atoms with E-state index in [0.717, 1.165) is 23.2 Å². The first-order valence-electron chi connectivity index (χ1n) is 6.66. The van der Waals surface area contributed by atoms with Gasteiger partial charge in [0.2, 0.25) is 0 Å². The first-order chi connectivity index (χ1) is 9.52. The molecule has 0 saturated carbocycles. The van der Waals surface area contributed by atoms with Crippen molar-refractivity contribution < 1.29 is 4.74 Å². The maximum Gasteiger partial charge on any atom is 0.133 e. The van der Waals surface area contributed by atoms with Crippen molar-refractivity contribution in [3.05, 3.63) is 49.6 Å². The highest BCUT2D eigenvalue weighted by Gasteiger charge is 2.15. The molecular formula is C16H18Br2OS. The molecule has 2 aromatic rings. The fourth-order valence-electron chi connectivity index (χ4n) is 1.89. The average Bonchev–Trinajstić information content (AvgIpc) is 2.76. The van der Waals surface area contributed by atoms with Gasteiger partial charge in [0, 0.05) is 9.75 Å². The second-order valence-electron chi connectivity index (χ2n) is 4.79. The SMILES string of the molecule is CCCOc1ccc(C(Br)c2cc(C)c(C)s2)cc1Br. The molecule has 0 aliphatic rings. The van der Waals surface area contributed by atoms with Crippen molar-refractivity contribution in [1.29, 1.82) is 0 Å². The topological polar surface area (TPSA) is 9.23 Å². The summed E-state index contributed by atoms with van der Waals surface area (Å²) in [5.41, 5.74) is 2.60. The Hall–Kier alpha value is -0.320. The Labute approximate surface area is 141 Å². The highest BCUT2D eigenvalue weighted by Crippen LogP contribution is 2.39. The van der Waals surface area contributed by atoms with Gasteiger partial charge in [-0.3, -0.25) is 0 Å². The van der Waals surface area contributed by atoms with Crippen LogP contribution < -0.4 is 4.74 Å². The van der Waals surface area contributed by atoms with Crippen LogP contribution in [0.5, 0.6) is 5.75 Å². The first kappa shape index (κ1) is 16.1. The van der Waals surface area contributed by atoms with Crippen LogP contribution in [0.25, 0.3) is 0 Å². The second-order valence-corrected chi connectivity index (χ2v) is 7.85. The van der Waals surface area contributed by atoms with Crippen LogP contribution in [0.2, 0.25) is 0 Å². The van der Waals surface area contributed by atoms with Gasteiger partial charge in [0.15, 0.2) is 0 Å². The molecule has 108 valence electrons. The van der Waals surface area contributed by atoms with Crippen LogP contribution in [0.1, 0.15) is 39.1 Å². The van der Waals surface area contributed by atoms with E-state index in [4.69, 9.17) is 4.74 Å². The Balaban J connectivity index is 2.22. The minimum absolute atomic E-state index is 0.233. The Morgan fingerprint density at radius 3 is 2.55 bits per heavy atom. The van der Waals surface area contributed by atoms with Crippen molar-refractivity contribution >= 4 is 43.2 Å². The lowest BCUT2D eigenvalue weighted by Gasteiger charge is -2.12. The van der Waals surface area contributed by atoms with Gasteiger partial charge >= 0.3 is 0 Å². The summed E-state index contributed by atoms with van der Waals surface area (Å²) in [6.07, 6.45) is 1.02. The van der Waals surface area contributed by atoms with Crippen molar-refractivity contribution in [3.8, 4) is 5.75 Å². The van der Waals surface area contributed by atoms with Crippen LogP contribution >= 0.6 is 43.2 Å². The van der Waals surface area contributed by atoms with E-state index in [1.165, 1.54) is 20.9 Å². The summed E-state index contributed by atoms with van der Waals surface area (Å²) in [6.45, 7) is 7.19. The number of thiophene rings is 1. The molecule has 1 nitrogen and oxygen atoms in total. The highest BCUT2D eigenvalue weighted by atomic mass is 79.9. The lowest BCUT2D eigenvalue weighted by Crippen LogP contribution is -1.97. The Morgan fingerprint density at radius 1 is 1.25 bits per heavy atom. The molecule has 0 saturated heterocycles. The van der Waals surface area contributed by atoms with E-state index in [2.05, 4.69) is 70.8 Å². The molecule has 0 bridgehead atoms. The fourth-order valence-corrected chi connectivity index (χ4v) is 4.15. The largest absolute Gasteiger partial charge is 0.492 e. The number of aryl methyl sites for hydroxylation is 2. The second kappa shape index (κ2) is 7.10. The van der Waals surface area contributed by atoms with Crippen molar-refractivity contribution in [2.24, 2.45) is 0 Å². The molecule has 0 radical (unpaired) electrons. The number of alkyl halides is 1. The Bertz CT molecular complexity index is 573. The zero-order chi connectivity index (χ0) is 14.7. The van der Waals surface area contributed by atoms with Gasteiger partial charge in [-0.2, -0.15) is 0 Å². The van der Waals surface area contributed by atoms with Gasteiger partial charge in [-0.15, -0.1) is 11.3 Å². The Morgan fingerprint density at radius 2 is 2.00 bits per heavy atom. The summed E-state index contributed by atoms with van der Waals surface area (Å²) in [6, 6.07) is 8.56. The first-order valence-corrected chi connectivity index (χ1v) is 9.18. The predicted molar refractivity (Wildman–Crippen MR) is 94.5 cm³/mol. The maximum absolute atomic E-state index is 5.69. The molecule has 1 aromatic carbocycles. The molecule has 20 heavy (non-hydrogen) atoms. The van der Waals surface area contributed by atoms with Gasteiger partial charge in [0.05, 0.1) is 15.9 Å². The molecule has 0 spiro atoms. The molecule has 0 amide bonds. The van der Waals surface area contributed by atoms with Crippen molar-refractivity contribution in [2.75, 3.05) is 6.61 Å². The van der Waals surface area contributed by atoms with E-state index in [9.17, 15) is 0 Å². The van der Waals surface area contributed by atoms with Gasteiger partial charge in [-0.05, 0) is 65.5 Å². The summed E-state index contributed by atoms with van der Waals surface area (Å²) in [4.78, 5) is 2.96. The molecule has 1 atom stereocenters. The minimum Gasteiger partial charge on any atom is -0.492 e. The van der Waals surface area contributed by atoms with E-state index < -0.39 is 0 Å². The summed E-state index contributed by atoms with van der Waals surface area (Å²) in [5.74, 6) is 0.911. The fraction of sp³-hybridized carbons (Fsp3) is 0.375. The maximum atomic E-state index is 5.69. The normalized spacial score (nSPS) is 12.4. The highest BCUT2D eigenvalue weighted by molar-refractivity contribution is 9.10. The average molecular weight is 418 g/mol. The van der Waals surface area contributed by atoms with Crippen LogP contribution in [0.3, 0.4) is 0 Å². The van der Waals surface area contributed by atoms with E-state index >= 15 is 0 Å². The third-order valence-corrected chi connectivity index (χ3v) is 6.31. The third kappa shape index (κ3) is 3.66. The van der Waals surface area contributed by atoms with E-state index in [0.29, 0.717) is 0 Å². The monoisotopic (exact) mass is 416 g/mol. The molecule has 0 fully saturated rings. The molecule has 1 unspecified atom stereocenters. The standard InChI is InChI=1S/C16H18Br2OS/c1-4-7-19-14-6-5-12(9-13(14)17)16(18)15-8-10(2)11(3)20-15/h5-6,8-9,16H,4,7H2,1-3H3. The summed E-state index contributed by atoms with van der Waals surface area (Å²) in [7, 11) is 0. The Kier molecular flexibility index (Phi) is 5.70. The molecule has 0 aliphatic carbocycles. The predicted octanol–water partition coefficient (Wildman–Crippen LogP) is 6.40. The number of hydrogen-bond donors (Lipinski definition) is 0. The minimum atomic E-state index is 0.233. The van der Waals surface area contributed by atoms with Crippen LogP contribution in [0.4, 0.5) is 0 Å². The number of ether oxygens (including phenoxy) is 1. The molecular weight excluding hydrogens is 400 g/mol. The molecule has 2 rings (SSSR count). The molecule has 0 N–H and O–H groups in total. The van der Waals surface area contributed by atoms with Crippen molar-refractivity contribution in [2.45, 2.75) is 32.0 Å². The van der Waals surface area contributed by atoms with E-state index in [-0.39, 0.29) is 4.83 Å². The van der Waals surface area contributed by atoms with Gasteiger partial charge in [-0.25, -0.2) is 0 Å². The summed E-state index contributed by atoms with van der Waals surface area (Å²) >= 11 is 9.24. The number of hydrogen-bond acceptors (Lipinski definition) is 2. The lowest BCUT2D eigenvalue weighted by molar-refractivity contribution is 0.315. The van der Waals surface area contributed by atoms with Crippen molar-refractivity contribution in [3.63, 3.8) is 0 Å². The summed E-state index contributed by atoms with van der Waals surface area (Å²) in [5, 5.41) is 0. The quantitative estimate of drug-likeness (QED) is 0.511. The van der Waals surface area contributed by atoms with E-state index in [1.807, 2.05) is 17.4 Å². The van der Waals surface area contributed by atoms with Crippen LogP contribution in [0.15, 0.2) is 28.7 Å². The summed E-state index contributed by atoms with van der Waals surface area (Å²) < 4.78 is 6.70. The zero-order valence-corrected chi connectivity index (χ0v) is 15.9. The van der Waals surface area contributed by atoms with Crippen LogP contribution in [0, 0.1) is 13.8 Å². The van der Waals surface area contributed by atoms with Gasteiger partial charge < -0.3 is 4.74 Å².